The third kappa shape index (κ3) is 3.61. The van der Waals surface area contributed by atoms with E-state index in [0.717, 1.165) is 21.6 Å². The molecule has 3 aromatic rings. The maximum absolute atomic E-state index is 13.2. The van der Waals surface area contributed by atoms with Crippen molar-refractivity contribution < 1.29 is 12.8 Å². The molecule has 3 rings (SSSR count). The van der Waals surface area contributed by atoms with Crippen molar-refractivity contribution in [3.63, 3.8) is 0 Å². The van der Waals surface area contributed by atoms with Crippen molar-refractivity contribution in [1.82, 2.24) is 4.31 Å². The van der Waals surface area contributed by atoms with E-state index in [1.807, 2.05) is 43.5 Å². The first-order valence-electron chi connectivity index (χ1n) is 7.57. The quantitative estimate of drug-likeness (QED) is 0.656. The third-order valence-electron chi connectivity index (χ3n) is 3.80. The molecule has 6 heteroatoms. The summed E-state index contributed by atoms with van der Waals surface area (Å²) < 4.78 is 33.0. The van der Waals surface area contributed by atoms with Crippen molar-refractivity contribution in [3.8, 4) is 0 Å². The fourth-order valence-electron chi connectivity index (χ4n) is 2.62. The second kappa shape index (κ2) is 6.93. The highest BCUT2D eigenvalue weighted by molar-refractivity contribution is 7.89. The van der Waals surface area contributed by atoms with Crippen LogP contribution in [0.15, 0.2) is 63.6 Å². The van der Waals surface area contributed by atoms with Crippen LogP contribution in [0.25, 0.3) is 0 Å². The standard InChI is InChI=1S/C18H19NO3S2/c1-14-5-6-18(15(2)10-14)24(20,21)19(11-16-7-8-22-13-16)12-17-4-3-9-23-17/h3-10,13H,11-12H2,1-2H3. The normalized spacial score (nSPS) is 12.0. The number of benzene rings is 1. The molecule has 0 atom stereocenters. The summed E-state index contributed by atoms with van der Waals surface area (Å²) in [6, 6.07) is 11.1. The molecule has 0 bridgehead atoms. The van der Waals surface area contributed by atoms with Gasteiger partial charge in [0.05, 0.1) is 17.4 Å². The minimum atomic E-state index is -3.60. The van der Waals surface area contributed by atoms with Crippen molar-refractivity contribution in [2.75, 3.05) is 0 Å². The average Bonchev–Trinajstić information content (AvgIpc) is 3.19. The van der Waals surface area contributed by atoms with Crippen LogP contribution < -0.4 is 0 Å². The fraction of sp³-hybridized carbons (Fsp3) is 0.222. The van der Waals surface area contributed by atoms with Crippen LogP contribution in [0.3, 0.4) is 0 Å². The molecule has 4 nitrogen and oxygen atoms in total. The van der Waals surface area contributed by atoms with E-state index < -0.39 is 10.0 Å². The van der Waals surface area contributed by atoms with Gasteiger partial charge in [0, 0.05) is 23.5 Å². The molecule has 0 saturated carbocycles. The van der Waals surface area contributed by atoms with Crippen LogP contribution in [0, 0.1) is 13.8 Å². The van der Waals surface area contributed by atoms with Gasteiger partial charge in [-0.1, -0.05) is 23.8 Å². The lowest BCUT2D eigenvalue weighted by Crippen LogP contribution is -2.30. The second-order valence-electron chi connectivity index (χ2n) is 5.75. The molecule has 0 N–H and O–H groups in total. The topological polar surface area (TPSA) is 50.5 Å². The van der Waals surface area contributed by atoms with Gasteiger partial charge >= 0.3 is 0 Å². The van der Waals surface area contributed by atoms with E-state index >= 15 is 0 Å². The molecular weight excluding hydrogens is 342 g/mol. The van der Waals surface area contributed by atoms with E-state index in [1.54, 1.807) is 36.0 Å². The highest BCUT2D eigenvalue weighted by Crippen LogP contribution is 2.25. The molecule has 1 aromatic carbocycles. The van der Waals surface area contributed by atoms with Gasteiger partial charge in [-0.15, -0.1) is 11.3 Å². The van der Waals surface area contributed by atoms with Crippen LogP contribution in [0.5, 0.6) is 0 Å². The largest absolute Gasteiger partial charge is 0.472 e. The lowest BCUT2D eigenvalue weighted by Gasteiger charge is -2.22. The number of rotatable bonds is 6. The molecule has 0 spiro atoms. The molecule has 0 saturated heterocycles. The van der Waals surface area contributed by atoms with Crippen LogP contribution in [0.4, 0.5) is 0 Å². The Morgan fingerprint density at radius 3 is 2.58 bits per heavy atom. The molecule has 126 valence electrons. The smallest absolute Gasteiger partial charge is 0.243 e. The summed E-state index contributed by atoms with van der Waals surface area (Å²) >= 11 is 1.55. The third-order valence-corrected chi connectivity index (χ3v) is 6.61. The van der Waals surface area contributed by atoms with Crippen LogP contribution in [0.1, 0.15) is 21.6 Å². The van der Waals surface area contributed by atoms with Crippen LogP contribution >= 0.6 is 11.3 Å². The zero-order valence-electron chi connectivity index (χ0n) is 13.6. The molecule has 0 radical (unpaired) electrons. The molecule has 24 heavy (non-hydrogen) atoms. The summed E-state index contributed by atoms with van der Waals surface area (Å²) in [6.45, 7) is 4.42. The SMILES string of the molecule is Cc1ccc(S(=O)(=O)N(Cc2ccoc2)Cc2cccs2)c(C)c1. The van der Waals surface area contributed by atoms with Gasteiger partial charge in [-0.3, -0.25) is 0 Å². The average molecular weight is 361 g/mol. The Labute approximate surface area is 146 Å². The van der Waals surface area contributed by atoms with Crippen LogP contribution in [-0.4, -0.2) is 12.7 Å². The van der Waals surface area contributed by atoms with Crippen molar-refractivity contribution in [3.05, 3.63) is 75.9 Å². The highest BCUT2D eigenvalue weighted by atomic mass is 32.2. The Kier molecular flexibility index (Phi) is 4.89. The van der Waals surface area contributed by atoms with Gasteiger partial charge in [-0.2, -0.15) is 4.31 Å². The first-order valence-corrected chi connectivity index (χ1v) is 9.89. The van der Waals surface area contributed by atoms with E-state index in [9.17, 15) is 8.42 Å². The number of hydrogen-bond donors (Lipinski definition) is 0. The monoisotopic (exact) mass is 361 g/mol. The number of thiophene rings is 1. The predicted octanol–water partition coefficient (Wildman–Crippen LogP) is 4.35. The minimum absolute atomic E-state index is 0.282. The summed E-state index contributed by atoms with van der Waals surface area (Å²) in [6.07, 6.45) is 3.14. The Bertz CT molecular complexity index is 862. The van der Waals surface area contributed by atoms with E-state index in [0.29, 0.717) is 11.4 Å². The Hall–Kier alpha value is -1.89. The number of aryl methyl sites for hydroxylation is 2. The molecule has 0 fully saturated rings. The first-order chi connectivity index (χ1) is 11.5. The van der Waals surface area contributed by atoms with Crippen molar-refractivity contribution >= 4 is 21.4 Å². The molecule has 2 aromatic heterocycles. The molecule has 0 aliphatic rings. The molecule has 0 aliphatic heterocycles. The number of hydrogen-bond acceptors (Lipinski definition) is 4. The van der Waals surface area contributed by atoms with Gasteiger partial charge in [0.15, 0.2) is 0 Å². The fourth-order valence-corrected chi connectivity index (χ4v) is 5.03. The Morgan fingerprint density at radius 1 is 1.12 bits per heavy atom. The lowest BCUT2D eigenvalue weighted by atomic mass is 10.2. The summed E-state index contributed by atoms with van der Waals surface area (Å²) in [5.74, 6) is 0. The molecule has 2 heterocycles. The zero-order chi connectivity index (χ0) is 17.2. The van der Waals surface area contributed by atoms with E-state index in [-0.39, 0.29) is 6.54 Å². The maximum Gasteiger partial charge on any atom is 0.243 e. The van der Waals surface area contributed by atoms with Crippen LogP contribution in [0.2, 0.25) is 0 Å². The van der Waals surface area contributed by atoms with Gasteiger partial charge in [0.1, 0.15) is 0 Å². The van der Waals surface area contributed by atoms with E-state index in [2.05, 4.69) is 0 Å². The molecule has 0 unspecified atom stereocenters. The molecule has 0 aliphatic carbocycles. The van der Waals surface area contributed by atoms with Crippen molar-refractivity contribution in [2.24, 2.45) is 0 Å². The van der Waals surface area contributed by atoms with Crippen molar-refractivity contribution in [2.45, 2.75) is 31.8 Å². The molecule has 0 amide bonds. The first kappa shape index (κ1) is 17.0. The zero-order valence-corrected chi connectivity index (χ0v) is 15.2. The second-order valence-corrected chi connectivity index (χ2v) is 8.69. The maximum atomic E-state index is 13.2. The van der Waals surface area contributed by atoms with Crippen LogP contribution in [-0.2, 0) is 23.1 Å². The van der Waals surface area contributed by atoms with Gasteiger partial charge in [0.2, 0.25) is 10.0 Å². The minimum Gasteiger partial charge on any atom is -0.472 e. The number of furan rings is 1. The summed E-state index contributed by atoms with van der Waals surface area (Å²) in [5.41, 5.74) is 2.64. The number of sulfonamides is 1. The molecular formula is C18H19NO3S2. The summed E-state index contributed by atoms with van der Waals surface area (Å²) in [7, 11) is -3.60. The predicted molar refractivity (Wildman–Crippen MR) is 95.4 cm³/mol. The van der Waals surface area contributed by atoms with E-state index in [1.165, 1.54) is 4.31 Å². The number of nitrogens with zero attached hydrogens (tertiary/aromatic N) is 1. The van der Waals surface area contributed by atoms with Gasteiger partial charge in [-0.25, -0.2) is 8.42 Å². The van der Waals surface area contributed by atoms with Gasteiger partial charge in [0.25, 0.3) is 0 Å². The summed E-state index contributed by atoms with van der Waals surface area (Å²) in [4.78, 5) is 1.36. The lowest BCUT2D eigenvalue weighted by molar-refractivity contribution is 0.401. The van der Waals surface area contributed by atoms with Gasteiger partial charge < -0.3 is 4.42 Å². The Morgan fingerprint density at radius 2 is 1.96 bits per heavy atom. The van der Waals surface area contributed by atoms with E-state index in [4.69, 9.17) is 4.42 Å². The summed E-state index contributed by atoms with van der Waals surface area (Å²) in [5, 5.41) is 1.95. The Balaban J connectivity index is 1.99. The van der Waals surface area contributed by atoms with Gasteiger partial charge in [-0.05, 0) is 43.0 Å². The highest BCUT2D eigenvalue weighted by Gasteiger charge is 2.27. The van der Waals surface area contributed by atoms with Crippen molar-refractivity contribution in [1.29, 1.82) is 0 Å².